The van der Waals surface area contributed by atoms with E-state index in [-0.39, 0.29) is 36.9 Å². The molecule has 1 spiro atoms. The van der Waals surface area contributed by atoms with E-state index in [9.17, 15) is 39.9 Å². The van der Waals surface area contributed by atoms with Crippen LogP contribution >= 0.6 is 0 Å². The largest absolute Gasteiger partial charge is 0.497 e. The van der Waals surface area contributed by atoms with Crippen LogP contribution in [0.4, 0.5) is 11.4 Å². The van der Waals surface area contributed by atoms with Crippen molar-refractivity contribution in [1.29, 1.82) is 0 Å². The van der Waals surface area contributed by atoms with Crippen molar-refractivity contribution in [3.8, 4) is 5.75 Å². The molecule has 0 aromatic heterocycles. The van der Waals surface area contributed by atoms with E-state index in [1.54, 1.807) is 47.4 Å². The third-order valence-electron chi connectivity index (χ3n) is 9.01. The number of nitrogens with zero attached hydrogens (tertiary/aromatic N) is 1. The van der Waals surface area contributed by atoms with Crippen LogP contribution in [0.25, 0.3) is 0 Å². The SMILES string of the molecule is COc1ccc2c(c1)[C@@]1(O[C@H](CCO)[C@@H]([Si](C)(C)O)[C@@H]1C)C(=O)N2Cc1ccc(NC(=O)[C@H]2O[C@@H](O)[C@H](O)[C@@H](O)[C@@H]2O)cc1. The van der Waals surface area contributed by atoms with Crippen molar-refractivity contribution < 1.29 is 54.1 Å². The quantitative estimate of drug-likeness (QED) is 0.196. The van der Waals surface area contributed by atoms with Crippen LogP contribution < -0.4 is 15.0 Å². The second-order valence-corrected chi connectivity index (χ2v) is 16.2. The summed E-state index contributed by atoms with van der Waals surface area (Å²) < 4.78 is 17.1. The minimum atomic E-state index is -2.84. The Labute approximate surface area is 255 Å². The number of fused-ring (bicyclic) bond motifs is 2. The Kier molecular flexibility index (Phi) is 8.94. The first-order chi connectivity index (χ1) is 20.7. The Morgan fingerprint density at radius 3 is 2.36 bits per heavy atom. The van der Waals surface area contributed by atoms with Crippen LogP contribution in [0.5, 0.6) is 5.75 Å². The first-order valence-corrected chi connectivity index (χ1v) is 17.6. The summed E-state index contributed by atoms with van der Waals surface area (Å²) in [6.07, 6.45) is -8.97. The van der Waals surface area contributed by atoms with Crippen molar-refractivity contribution in [3.05, 3.63) is 53.6 Å². The topological polar surface area (TPSA) is 198 Å². The number of aliphatic hydroxyl groups is 5. The number of carbonyl (C=O) groups is 2. The van der Waals surface area contributed by atoms with Gasteiger partial charge < -0.3 is 54.8 Å². The molecule has 3 heterocycles. The van der Waals surface area contributed by atoms with Gasteiger partial charge in [-0.1, -0.05) is 19.1 Å². The van der Waals surface area contributed by atoms with Gasteiger partial charge in [0.2, 0.25) is 0 Å². The molecule has 14 heteroatoms. The summed E-state index contributed by atoms with van der Waals surface area (Å²) in [5.74, 6) is -0.943. The fourth-order valence-electron chi connectivity index (χ4n) is 6.90. The summed E-state index contributed by atoms with van der Waals surface area (Å²) in [5.41, 5.74) is 0.656. The second kappa shape index (κ2) is 12.1. The number of amides is 2. The minimum absolute atomic E-state index is 0.144. The molecule has 13 nitrogen and oxygen atoms in total. The van der Waals surface area contributed by atoms with E-state index in [4.69, 9.17) is 14.2 Å². The first-order valence-electron chi connectivity index (χ1n) is 14.5. The van der Waals surface area contributed by atoms with Crippen LogP contribution in [0.15, 0.2) is 42.5 Å². The van der Waals surface area contributed by atoms with Crippen LogP contribution in [-0.2, 0) is 31.2 Å². The summed E-state index contributed by atoms with van der Waals surface area (Å²) in [4.78, 5) is 40.0. The highest BCUT2D eigenvalue weighted by molar-refractivity contribution is 6.71. The molecule has 2 fully saturated rings. The monoisotopic (exact) mass is 632 g/mol. The molecule has 44 heavy (non-hydrogen) atoms. The molecule has 0 aliphatic carbocycles. The summed E-state index contributed by atoms with van der Waals surface area (Å²) in [6, 6.07) is 12.0. The smallest absolute Gasteiger partial charge is 0.264 e. The highest BCUT2D eigenvalue weighted by atomic mass is 28.4. The molecule has 2 aromatic rings. The summed E-state index contributed by atoms with van der Waals surface area (Å²) in [7, 11) is -1.30. The van der Waals surface area contributed by atoms with Gasteiger partial charge in [0.25, 0.3) is 11.8 Å². The normalized spacial score (nSPS) is 33.5. The predicted molar refractivity (Wildman–Crippen MR) is 159 cm³/mol. The first kappa shape index (κ1) is 32.5. The zero-order valence-electron chi connectivity index (χ0n) is 25.0. The lowest BCUT2D eigenvalue weighted by Gasteiger charge is -2.37. The van der Waals surface area contributed by atoms with E-state index in [2.05, 4.69) is 5.32 Å². The third-order valence-corrected chi connectivity index (χ3v) is 11.5. The number of hydrogen-bond donors (Lipinski definition) is 7. The number of rotatable bonds is 8. The fraction of sp³-hybridized carbons (Fsp3) is 0.533. The third kappa shape index (κ3) is 5.44. The van der Waals surface area contributed by atoms with Gasteiger partial charge in [-0.15, -0.1) is 0 Å². The van der Waals surface area contributed by atoms with Crippen molar-refractivity contribution in [2.75, 3.05) is 23.9 Å². The van der Waals surface area contributed by atoms with E-state index < -0.39 is 56.6 Å². The molecule has 2 aromatic carbocycles. The molecular weight excluding hydrogens is 592 g/mol. The lowest BCUT2D eigenvalue weighted by molar-refractivity contribution is -0.274. The highest BCUT2D eigenvalue weighted by Crippen LogP contribution is 2.60. The van der Waals surface area contributed by atoms with Crippen molar-refractivity contribution in [3.63, 3.8) is 0 Å². The average Bonchev–Trinajstić information content (AvgIpc) is 3.41. The van der Waals surface area contributed by atoms with Gasteiger partial charge in [0, 0.05) is 29.3 Å². The molecule has 5 rings (SSSR count). The molecule has 240 valence electrons. The van der Waals surface area contributed by atoms with Gasteiger partial charge in [0.05, 0.1) is 25.4 Å². The standard InChI is InChI=1S/C30H40N2O11Si/c1-15-26(44(3,4)40)21(11-12-33)43-30(15)19-13-18(41-2)9-10-20(19)32(29(30)39)14-16-5-7-17(8-6-16)31-27(37)25-23(35)22(34)24(36)28(38)42-25/h5-10,13,15,21-26,28,33-36,38,40H,11-12,14H2,1-4H3,(H,31,37)/t15-,21+,22-,23-,24+,25-,26-,28+,30+/m0/s1. The second-order valence-electron chi connectivity index (χ2n) is 12.3. The number of ether oxygens (including phenoxy) is 3. The van der Waals surface area contributed by atoms with Gasteiger partial charge in [-0.2, -0.15) is 0 Å². The number of anilines is 2. The number of hydrogen-bond acceptors (Lipinski definition) is 11. The molecule has 2 saturated heterocycles. The van der Waals surface area contributed by atoms with Gasteiger partial charge in [-0.3, -0.25) is 9.59 Å². The molecular formula is C30H40N2O11Si. The maximum absolute atomic E-state index is 14.4. The van der Waals surface area contributed by atoms with Crippen molar-refractivity contribution in [2.45, 2.75) is 80.9 Å². The predicted octanol–water partition coefficient (Wildman–Crippen LogP) is 0.161. The Hall–Kier alpha value is -2.92. The molecule has 3 aliphatic rings. The van der Waals surface area contributed by atoms with Gasteiger partial charge in [0.15, 0.2) is 26.3 Å². The van der Waals surface area contributed by atoms with Crippen molar-refractivity contribution in [2.24, 2.45) is 5.92 Å². The molecule has 7 N–H and O–H groups in total. The zero-order valence-corrected chi connectivity index (χ0v) is 26.0. The molecule has 0 radical (unpaired) electrons. The number of aliphatic hydroxyl groups excluding tert-OH is 5. The van der Waals surface area contributed by atoms with E-state index >= 15 is 0 Å². The zero-order chi connectivity index (χ0) is 32.1. The number of methoxy groups -OCH3 is 1. The van der Waals surface area contributed by atoms with Crippen molar-refractivity contribution >= 4 is 31.5 Å². The van der Waals surface area contributed by atoms with E-state index in [0.717, 1.165) is 5.56 Å². The molecule has 0 saturated carbocycles. The van der Waals surface area contributed by atoms with Gasteiger partial charge in [-0.05, 0) is 55.4 Å². The molecule has 9 atom stereocenters. The minimum Gasteiger partial charge on any atom is -0.497 e. The lowest BCUT2D eigenvalue weighted by Crippen LogP contribution is -2.60. The van der Waals surface area contributed by atoms with Crippen molar-refractivity contribution in [1.82, 2.24) is 0 Å². The van der Waals surface area contributed by atoms with Crippen LogP contribution in [0, 0.1) is 5.92 Å². The number of nitrogens with one attached hydrogen (secondary N) is 1. The fourth-order valence-corrected chi connectivity index (χ4v) is 9.51. The average molecular weight is 633 g/mol. The lowest BCUT2D eigenvalue weighted by atomic mass is 9.82. The van der Waals surface area contributed by atoms with E-state index in [1.807, 2.05) is 20.0 Å². The summed E-state index contributed by atoms with van der Waals surface area (Å²) in [6.45, 7) is 5.58. The Bertz CT molecular complexity index is 1390. The molecule has 3 aliphatic heterocycles. The highest BCUT2D eigenvalue weighted by Gasteiger charge is 2.66. The van der Waals surface area contributed by atoms with E-state index in [1.165, 1.54) is 7.11 Å². The van der Waals surface area contributed by atoms with Crippen LogP contribution in [0.1, 0.15) is 24.5 Å². The van der Waals surface area contributed by atoms with Crippen LogP contribution in [0.2, 0.25) is 18.6 Å². The maximum Gasteiger partial charge on any atom is 0.264 e. The molecule has 0 bridgehead atoms. The summed E-state index contributed by atoms with van der Waals surface area (Å²) in [5, 5.41) is 51.8. The Morgan fingerprint density at radius 1 is 1.07 bits per heavy atom. The van der Waals surface area contributed by atoms with Gasteiger partial charge in [0.1, 0.15) is 24.1 Å². The maximum atomic E-state index is 14.4. The number of carbonyl (C=O) groups excluding carboxylic acids is 2. The van der Waals surface area contributed by atoms with Crippen LogP contribution in [-0.4, -0.2) is 101 Å². The van der Waals surface area contributed by atoms with Gasteiger partial charge in [-0.25, -0.2) is 0 Å². The van der Waals surface area contributed by atoms with Crippen LogP contribution in [0.3, 0.4) is 0 Å². The molecule has 2 amide bonds. The molecule has 0 unspecified atom stereocenters. The Balaban J connectivity index is 1.39. The van der Waals surface area contributed by atoms with E-state index in [0.29, 0.717) is 22.7 Å². The summed E-state index contributed by atoms with van der Waals surface area (Å²) >= 11 is 0. The Morgan fingerprint density at radius 2 is 1.75 bits per heavy atom. The van der Waals surface area contributed by atoms with Gasteiger partial charge >= 0.3 is 0 Å². The number of benzene rings is 2.